The van der Waals surface area contributed by atoms with E-state index in [1.165, 1.54) is 11.3 Å². The smallest absolute Gasteiger partial charge is 0.229 e. The summed E-state index contributed by atoms with van der Waals surface area (Å²) in [6.07, 6.45) is 1.53. The topological polar surface area (TPSA) is 87.5 Å². The van der Waals surface area contributed by atoms with Crippen LogP contribution in [-0.4, -0.2) is 43.1 Å². The summed E-state index contributed by atoms with van der Waals surface area (Å²) in [5.41, 5.74) is 4.51. The number of piperidine rings is 1. The first-order valence-electron chi connectivity index (χ1n) is 12.9. The summed E-state index contributed by atoms with van der Waals surface area (Å²) in [5, 5.41) is 13.1. The molecule has 5 rings (SSSR count). The molecule has 1 amide bonds. The molecule has 4 aromatic rings. The maximum Gasteiger partial charge on any atom is 0.229 e. The molecule has 1 aromatic heterocycles. The molecule has 1 fully saturated rings. The summed E-state index contributed by atoms with van der Waals surface area (Å²) in [5.74, 6) is 1.48. The Morgan fingerprint density at radius 3 is 2.21 bits per heavy atom. The van der Waals surface area contributed by atoms with Crippen LogP contribution in [0.15, 0.2) is 72.8 Å². The number of ether oxygens (including phenoxy) is 2. The van der Waals surface area contributed by atoms with Crippen molar-refractivity contribution in [3.63, 3.8) is 0 Å². The summed E-state index contributed by atoms with van der Waals surface area (Å²) < 4.78 is 10.6. The zero-order valence-corrected chi connectivity index (χ0v) is 22.8. The van der Waals surface area contributed by atoms with Gasteiger partial charge in [0.05, 0.1) is 36.4 Å². The third-order valence-corrected chi connectivity index (χ3v) is 8.08. The Morgan fingerprint density at radius 2 is 1.59 bits per heavy atom. The van der Waals surface area contributed by atoms with E-state index in [2.05, 4.69) is 16.3 Å². The van der Waals surface area contributed by atoms with Gasteiger partial charge in [0.25, 0.3) is 0 Å². The fraction of sp³-hybridized carbons (Fsp3) is 0.258. The molecule has 0 spiro atoms. The number of hydrogen-bond donors (Lipinski definition) is 1. The van der Waals surface area contributed by atoms with Crippen LogP contribution in [0.4, 0.5) is 5.13 Å². The van der Waals surface area contributed by atoms with Crippen LogP contribution >= 0.6 is 11.3 Å². The van der Waals surface area contributed by atoms with Gasteiger partial charge < -0.3 is 14.8 Å². The molecule has 0 saturated carbocycles. The van der Waals surface area contributed by atoms with Crippen molar-refractivity contribution in [1.82, 2.24) is 9.88 Å². The number of benzene rings is 3. The molecule has 39 heavy (non-hydrogen) atoms. The van der Waals surface area contributed by atoms with Gasteiger partial charge in [-0.15, -0.1) is 0 Å². The summed E-state index contributed by atoms with van der Waals surface area (Å²) in [4.78, 5) is 21.4. The minimum absolute atomic E-state index is 0.00314. The van der Waals surface area contributed by atoms with Gasteiger partial charge in [0.15, 0.2) is 5.13 Å². The van der Waals surface area contributed by atoms with Gasteiger partial charge in [-0.2, -0.15) is 5.26 Å². The van der Waals surface area contributed by atoms with E-state index in [1.807, 2.05) is 72.8 Å². The van der Waals surface area contributed by atoms with Gasteiger partial charge in [-0.1, -0.05) is 29.5 Å². The zero-order valence-electron chi connectivity index (χ0n) is 22.0. The highest BCUT2D eigenvalue weighted by molar-refractivity contribution is 7.19. The molecular weight excluding hydrogens is 508 g/mol. The first-order valence-corrected chi connectivity index (χ1v) is 13.7. The van der Waals surface area contributed by atoms with Crippen LogP contribution in [-0.2, 0) is 11.3 Å². The van der Waals surface area contributed by atoms with Gasteiger partial charge in [-0.25, -0.2) is 4.98 Å². The van der Waals surface area contributed by atoms with E-state index in [0.29, 0.717) is 10.7 Å². The normalized spacial score (nSPS) is 14.0. The molecule has 0 bridgehead atoms. The summed E-state index contributed by atoms with van der Waals surface area (Å²) in [7, 11) is 3.29. The lowest BCUT2D eigenvalue weighted by atomic mass is 9.95. The van der Waals surface area contributed by atoms with E-state index < -0.39 is 0 Å². The minimum Gasteiger partial charge on any atom is -0.497 e. The number of hydrogen-bond acceptors (Lipinski definition) is 7. The largest absolute Gasteiger partial charge is 0.497 e. The predicted molar refractivity (Wildman–Crippen MR) is 154 cm³/mol. The third kappa shape index (κ3) is 6.11. The van der Waals surface area contributed by atoms with E-state index in [-0.39, 0.29) is 11.8 Å². The summed E-state index contributed by atoms with van der Waals surface area (Å²) in [6.45, 7) is 2.34. The number of anilines is 1. The summed E-state index contributed by atoms with van der Waals surface area (Å²) >= 11 is 1.47. The molecule has 0 aliphatic carbocycles. The standard InChI is InChI=1S/C31H30N4O3S/c1-37-26-11-7-21(8-12-26)28-29(22-9-13-27(38-2)14-10-22)39-31(33-28)34-30(36)23-15-17-35(18-16-23)20-25-6-4-3-5-24(25)19-32/h3-14,23H,15-18,20H2,1-2H3,(H,33,34,36). The lowest BCUT2D eigenvalue weighted by Gasteiger charge is -2.31. The molecule has 7 nitrogen and oxygen atoms in total. The van der Waals surface area contributed by atoms with Gasteiger partial charge >= 0.3 is 0 Å². The molecule has 0 atom stereocenters. The first-order chi connectivity index (χ1) is 19.1. The zero-order chi connectivity index (χ0) is 27.2. The number of methoxy groups -OCH3 is 2. The van der Waals surface area contributed by atoms with Gasteiger partial charge in [0.1, 0.15) is 11.5 Å². The van der Waals surface area contributed by atoms with Crippen LogP contribution in [0.5, 0.6) is 11.5 Å². The van der Waals surface area contributed by atoms with Gasteiger partial charge in [-0.3, -0.25) is 9.69 Å². The number of carbonyl (C=O) groups excluding carboxylic acids is 1. The quantitative estimate of drug-likeness (QED) is 0.287. The molecule has 1 N–H and O–H groups in total. The average molecular weight is 539 g/mol. The van der Waals surface area contributed by atoms with Crippen LogP contribution in [0.3, 0.4) is 0 Å². The van der Waals surface area contributed by atoms with Gasteiger partial charge in [0.2, 0.25) is 5.91 Å². The number of thiazole rings is 1. The van der Waals surface area contributed by atoms with Crippen molar-refractivity contribution in [3.05, 3.63) is 83.9 Å². The van der Waals surface area contributed by atoms with Crippen molar-refractivity contribution in [3.8, 4) is 39.3 Å². The molecule has 1 aliphatic heterocycles. The predicted octanol–water partition coefficient (Wildman–Crippen LogP) is 6.22. The highest BCUT2D eigenvalue weighted by Crippen LogP contribution is 2.40. The molecule has 1 saturated heterocycles. The number of carbonyl (C=O) groups is 1. The van der Waals surface area contributed by atoms with Crippen molar-refractivity contribution in [2.75, 3.05) is 32.6 Å². The van der Waals surface area contributed by atoms with Crippen molar-refractivity contribution in [1.29, 1.82) is 5.26 Å². The van der Waals surface area contributed by atoms with Crippen molar-refractivity contribution in [2.24, 2.45) is 5.92 Å². The Labute approximate surface area is 232 Å². The Morgan fingerprint density at radius 1 is 0.974 bits per heavy atom. The number of likely N-dealkylation sites (tertiary alicyclic amines) is 1. The van der Waals surface area contributed by atoms with E-state index >= 15 is 0 Å². The van der Waals surface area contributed by atoms with Crippen LogP contribution in [0.25, 0.3) is 21.7 Å². The lowest BCUT2D eigenvalue weighted by Crippen LogP contribution is -2.37. The number of nitriles is 1. The molecule has 8 heteroatoms. The second-order valence-electron chi connectivity index (χ2n) is 9.46. The molecule has 3 aromatic carbocycles. The minimum atomic E-state index is -0.0785. The average Bonchev–Trinajstić information content (AvgIpc) is 3.41. The molecule has 1 aliphatic rings. The Bertz CT molecular complexity index is 1400. The van der Waals surface area contributed by atoms with Crippen LogP contribution in [0, 0.1) is 17.2 Å². The Hall–Kier alpha value is -4.19. The van der Waals surface area contributed by atoms with Crippen LogP contribution in [0.1, 0.15) is 24.0 Å². The van der Waals surface area contributed by atoms with Crippen molar-refractivity contribution in [2.45, 2.75) is 19.4 Å². The molecular formula is C31H30N4O3S. The first kappa shape index (κ1) is 26.4. The van der Waals surface area contributed by atoms with E-state index in [4.69, 9.17) is 14.5 Å². The maximum absolute atomic E-state index is 13.3. The van der Waals surface area contributed by atoms with E-state index in [0.717, 1.165) is 71.2 Å². The number of nitrogens with one attached hydrogen (secondary N) is 1. The molecule has 0 radical (unpaired) electrons. The van der Waals surface area contributed by atoms with Crippen LogP contribution < -0.4 is 14.8 Å². The lowest BCUT2D eigenvalue weighted by molar-refractivity contribution is -0.121. The highest BCUT2D eigenvalue weighted by atomic mass is 32.1. The summed E-state index contributed by atoms with van der Waals surface area (Å²) in [6, 6.07) is 25.6. The second-order valence-corrected chi connectivity index (χ2v) is 10.5. The number of amides is 1. The van der Waals surface area contributed by atoms with Gasteiger partial charge in [-0.05, 0) is 91.7 Å². The number of rotatable bonds is 8. The van der Waals surface area contributed by atoms with E-state index in [9.17, 15) is 10.1 Å². The monoisotopic (exact) mass is 538 g/mol. The Kier molecular flexibility index (Phi) is 8.21. The third-order valence-electron chi connectivity index (χ3n) is 7.06. The van der Waals surface area contributed by atoms with Crippen molar-refractivity contribution >= 4 is 22.4 Å². The number of nitrogens with zero attached hydrogens (tertiary/aromatic N) is 3. The number of aromatic nitrogens is 1. The van der Waals surface area contributed by atoms with E-state index in [1.54, 1.807) is 14.2 Å². The Balaban J connectivity index is 1.30. The molecule has 0 unspecified atom stereocenters. The van der Waals surface area contributed by atoms with Crippen LogP contribution in [0.2, 0.25) is 0 Å². The van der Waals surface area contributed by atoms with Gasteiger partial charge in [0, 0.05) is 18.0 Å². The van der Waals surface area contributed by atoms with Crippen molar-refractivity contribution < 1.29 is 14.3 Å². The SMILES string of the molecule is COc1ccc(-c2nc(NC(=O)C3CCN(Cc4ccccc4C#N)CC3)sc2-c2ccc(OC)cc2)cc1. The highest BCUT2D eigenvalue weighted by Gasteiger charge is 2.27. The fourth-order valence-electron chi connectivity index (χ4n) is 4.83. The second kappa shape index (κ2) is 12.1. The molecule has 2 heterocycles. The maximum atomic E-state index is 13.3. The fourth-order valence-corrected chi connectivity index (χ4v) is 5.82. The molecule has 198 valence electrons.